The van der Waals surface area contributed by atoms with Gasteiger partial charge in [0.2, 0.25) is 5.91 Å². The van der Waals surface area contributed by atoms with Crippen LogP contribution in [0.4, 0.5) is 5.69 Å². The molecular weight excluding hydrogens is 246 g/mol. The van der Waals surface area contributed by atoms with Crippen LogP contribution in [0.3, 0.4) is 0 Å². The lowest BCUT2D eigenvalue weighted by atomic mass is 10.1. The Morgan fingerprint density at radius 1 is 1.32 bits per heavy atom. The summed E-state index contributed by atoms with van der Waals surface area (Å²) in [7, 11) is 1.44. The van der Waals surface area contributed by atoms with Gasteiger partial charge in [0.05, 0.1) is 18.4 Å². The Hall–Kier alpha value is -2.04. The summed E-state index contributed by atoms with van der Waals surface area (Å²) < 4.78 is 5.08. The highest BCUT2D eigenvalue weighted by Crippen LogP contribution is 2.25. The third-order valence-electron chi connectivity index (χ3n) is 2.73. The molecule has 19 heavy (non-hydrogen) atoms. The van der Waals surface area contributed by atoms with Crippen molar-refractivity contribution in [2.75, 3.05) is 12.4 Å². The Morgan fingerprint density at radius 3 is 2.63 bits per heavy atom. The van der Waals surface area contributed by atoms with Crippen LogP contribution in [0, 0.1) is 0 Å². The van der Waals surface area contributed by atoms with Crippen molar-refractivity contribution in [2.45, 2.75) is 32.6 Å². The number of hydrogen-bond donors (Lipinski definition) is 2. The topological polar surface area (TPSA) is 75.6 Å². The minimum atomic E-state index is -1.03. The number of aromatic carboxylic acids is 1. The van der Waals surface area contributed by atoms with Crippen LogP contribution >= 0.6 is 0 Å². The first-order valence-electron chi connectivity index (χ1n) is 6.29. The first-order chi connectivity index (χ1) is 9.08. The predicted molar refractivity (Wildman–Crippen MR) is 72.7 cm³/mol. The average Bonchev–Trinajstić information content (AvgIpc) is 2.39. The summed E-state index contributed by atoms with van der Waals surface area (Å²) in [5.74, 6) is -0.766. The summed E-state index contributed by atoms with van der Waals surface area (Å²) in [6, 6.07) is 4.37. The molecule has 0 unspecified atom stereocenters. The highest BCUT2D eigenvalue weighted by atomic mass is 16.5. The third kappa shape index (κ3) is 4.62. The lowest BCUT2D eigenvalue weighted by Gasteiger charge is -2.10. The molecule has 0 bridgehead atoms. The fraction of sp³-hybridized carbons (Fsp3) is 0.429. The maximum absolute atomic E-state index is 11.7. The number of carbonyl (C=O) groups is 2. The van der Waals surface area contributed by atoms with Gasteiger partial charge in [0.1, 0.15) is 5.75 Å². The van der Waals surface area contributed by atoms with E-state index in [1.165, 1.54) is 19.2 Å². The molecular formula is C14H19NO4. The maximum atomic E-state index is 11.7. The fourth-order valence-electron chi connectivity index (χ4n) is 1.68. The molecule has 5 nitrogen and oxygen atoms in total. The zero-order valence-corrected chi connectivity index (χ0v) is 11.2. The number of ether oxygens (including phenoxy) is 1. The first-order valence-corrected chi connectivity index (χ1v) is 6.29. The molecule has 0 radical (unpaired) electrons. The van der Waals surface area contributed by atoms with Crippen LogP contribution in [0.15, 0.2) is 18.2 Å². The molecule has 0 aliphatic carbocycles. The lowest BCUT2D eigenvalue weighted by molar-refractivity contribution is -0.116. The van der Waals surface area contributed by atoms with E-state index in [0.29, 0.717) is 17.9 Å². The van der Waals surface area contributed by atoms with Crippen molar-refractivity contribution in [2.24, 2.45) is 0 Å². The van der Waals surface area contributed by atoms with Crippen molar-refractivity contribution in [3.63, 3.8) is 0 Å². The quantitative estimate of drug-likeness (QED) is 0.743. The Bertz CT molecular complexity index is 457. The van der Waals surface area contributed by atoms with E-state index < -0.39 is 5.97 Å². The molecule has 5 heteroatoms. The molecule has 0 aliphatic rings. The Balaban J connectivity index is 2.72. The van der Waals surface area contributed by atoms with E-state index in [-0.39, 0.29) is 11.5 Å². The standard InChI is InChI=1S/C14H19NO4/c1-3-4-5-6-13(16)15-11-8-7-10(14(17)18)9-12(11)19-2/h7-9H,3-6H2,1-2H3,(H,15,16)(H,17,18). The van der Waals surface area contributed by atoms with Crippen molar-refractivity contribution in [1.82, 2.24) is 0 Å². The first kappa shape index (κ1) is 15.0. The number of rotatable bonds is 7. The van der Waals surface area contributed by atoms with Gasteiger partial charge in [-0.05, 0) is 24.6 Å². The summed E-state index contributed by atoms with van der Waals surface area (Å²) in [4.78, 5) is 22.5. The van der Waals surface area contributed by atoms with Gasteiger partial charge in [-0.15, -0.1) is 0 Å². The third-order valence-corrected chi connectivity index (χ3v) is 2.73. The van der Waals surface area contributed by atoms with Crippen LogP contribution in [0.25, 0.3) is 0 Å². The number of carbonyl (C=O) groups excluding carboxylic acids is 1. The second kappa shape index (κ2) is 7.41. The van der Waals surface area contributed by atoms with Gasteiger partial charge >= 0.3 is 5.97 Å². The molecule has 1 amide bonds. The Labute approximate surface area is 112 Å². The second-order valence-corrected chi connectivity index (χ2v) is 4.23. The summed E-state index contributed by atoms with van der Waals surface area (Å²) >= 11 is 0. The lowest BCUT2D eigenvalue weighted by Crippen LogP contribution is -2.12. The predicted octanol–water partition coefficient (Wildman–Crippen LogP) is 2.91. The van der Waals surface area contributed by atoms with Crippen LogP contribution < -0.4 is 10.1 Å². The number of amides is 1. The summed E-state index contributed by atoms with van der Waals surface area (Å²) in [5, 5.41) is 11.6. The van der Waals surface area contributed by atoms with E-state index in [1.54, 1.807) is 6.07 Å². The minimum Gasteiger partial charge on any atom is -0.495 e. The number of carboxylic acid groups (broad SMARTS) is 1. The number of methoxy groups -OCH3 is 1. The van der Waals surface area contributed by atoms with Crippen molar-refractivity contribution >= 4 is 17.6 Å². The molecule has 1 rings (SSSR count). The average molecular weight is 265 g/mol. The molecule has 0 heterocycles. The van der Waals surface area contributed by atoms with E-state index in [2.05, 4.69) is 12.2 Å². The number of carboxylic acids is 1. The van der Waals surface area contributed by atoms with E-state index >= 15 is 0 Å². The van der Waals surface area contributed by atoms with Crippen molar-refractivity contribution in [1.29, 1.82) is 0 Å². The van der Waals surface area contributed by atoms with E-state index in [0.717, 1.165) is 19.3 Å². The van der Waals surface area contributed by atoms with E-state index in [9.17, 15) is 9.59 Å². The van der Waals surface area contributed by atoms with Crippen LogP contribution in [0.2, 0.25) is 0 Å². The summed E-state index contributed by atoms with van der Waals surface area (Å²) in [5.41, 5.74) is 0.620. The smallest absolute Gasteiger partial charge is 0.335 e. The number of anilines is 1. The number of nitrogens with one attached hydrogen (secondary N) is 1. The van der Waals surface area contributed by atoms with Gasteiger partial charge in [0.25, 0.3) is 0 Å². The molecule has 0 saturated heterocycles. The van der Waals surface area contributed by atoms with Crippen LogP contribution in [0.5, 0.6) is 5.75 Å². The van der Waals surface area contributed by atoms with E-state index in [4.69, 9.17) is 9.84 Å². The summed E-state index contributed by atoms with van der Waals surface area (Å²) in [6.45, 7) is 2.07. The SMILES string of the molecule is CCCCCC(=O)Nc1ccc(C(=O)O)cc1OC. The molecule has 1 aromatic rings. The van der Waals surface area contributed by atoms with Crippen molar-refractivity contribution in [3.8, 4) is 5.75 Å². The molecule has 0 atom stereocenters. The highest BCUT2D eigenvalue weighted by Gasteiger charge is 2.11. The Morgan fingerprint density at radius 2 is 2.05 bits per heavy atom. The zero-order chi connectivity index (χ0) is 14.3. The summed E-state index contributed by atoms with van der Waals surface area (Å²) in [6.07, 6.45) is 3.38. The van der Waals surface area contributed by atoms with Gasteiger partial charge in [0.15, 0.2) is 0 Å². The molecule has 1 aromatic carbocycles. The molecule has 2 N–H and O–H groups in total. The number of unbranched alkanes of at least 4 members (excludes halogenated alkanes) is 2. The van der Waals surface area contributed by atoms with Crippen LogP contribution in [-0.4, -0.2) is 24.1 Å². The molecule has 0 saturated carbocycles. The monoisotopic (exact) mass is 265 g/mol. The zero-order valence-electron chi connectivity index (χ0n) is 11.2. The molecule has 0 aromatic heterocycles. The highest BCUT2D eigenvalue weighted by molar-refractivity contribution is 5.94. The molecule has 104 valence electrons. The normalized spacial score (nSPS) is 10.0. The number of hydrogen-bond acceptors (Lipinski definition) is 3. The van der Waals surface area contributed by atoms with Crippen molar-refractivity contribution < 1.29 is 19.4 Å². The second-order valence-electron chi connectivity index (χ2n) is 4.23. The van der Waals surface area contributed by atoms with Gasteiger partial charge in [-0.25, -0.2) is 4.79 Å². The van der Waals surface area contributed by atoms with Crippen LogP contribution in [0.1, 0.15) is 43.0 Å². The van der Waals surface area contributed by atoms with Gasteiger partial charge in [0, 0.05) is 6.42 Å². The van der Waals surface area contributed by atoms with Gasteiger partial charge in [-0.1, -0.05) is 19.8 Å². The number of benzene rings is 1. The maximum Gasteiger partial charge on any atom is 0.335 e. The van der Waals surface area contributed by atoms with Gasteiger partial charge in [-0.3, -0.25) is 4.79 Å². The largest absolute Gasteiger partial charge is 0.495 e. The Kier molecular flexibility index (Phi) is 5.85. The van der Waals surface area contributed by atoms with Gasteiger partial charge in [-0.2, -0.15) is 0 Å². The molecule has 0 fully saturated rings. The molecule has 0 spiro atoms. The molecule has 0 aliphatic heterocycles. The van der Waals surface area contributed by atoms with Crippen LogP contribution in [-0.2, 0) is 4.79 Å². The van der Waals surface area contributed by atoms with Crippen molar-refractivity contribution in [3.05, 3.63) is 23.8 Å². The minimum absolute atomic E-state index is 0.0881. The fourth-order valence-corrected chi connectivity index (χ4v) is 1.68. The van der Waals surface area contributed by atoms with E-state index in [1.807, 2.05) is 0 Å². The van der Waals surface area contributed by atoms with Gasteiger partial charge < -0.3 is 15.2 Å².